The standard InChI is InChI=1S/C15H22Cl2N2O2S/c1-2-18-10-12-3-5-19(6-4-12)22(20,21)11-13-7-14(16)9-15(17)8-13/h7-9,12,18H,2-6,10-11H2,1H3. The van der Waals surface area contributed by atoms with Crippen molar-refractivity contribution in [1.29, 1.82) is 0 Å². The lowest BCUT2D eigenvalue weighted by atomic mass is 9.98. The molecular weight excluding hydrogens is 343 g/mol. The Bertz CT molecular complexity index is 579. The molecule has 2 rings (SSSR count). The highest BCUT2D eigenvalue weighted by Crippen LogP contribution is 2.24. The minimum Gasteiger partial charge on any atom is -0.317 e. The van der Waals surface area contributed by atoms with Crippen molar-refractivity contribution < 1.29 is 8.42 Å². The fraction of sp³-hybridized carbons (Fsp3) is 0.600. The summed E-state index contributed by atoms with van der Waals surface area (Å²) >= 11 is 11.9. The molecule has 0 aliphatic carbocycles. The fourth-order valence-corrected chi connectivity index (χ4v) is 4.85. The second-order valence-electron chi connectivity index (χ2n) is 5.68. The Morgan fingerprint density at radius 2 is 1.77 bits per heavy atom. The first-order valence-corrected chi connectivity index (χ1v) is 9.90. The van der Waals surface area contributed by atoms with E-state index in [0.29, 0.717) is 34.6 Å². The summed E-state index contributed by atoms with van der Waals surface area (Å²) < 4.78 is 26.6. The maximum atomic E-state index is 12.5. The molecule has 1 N–H and O–H groups in total. The Morgan fingerprint density at radius 1 is 1.18 bits per heavy atom. The van der Waals surface area contributed by atoms with Gasteiger partial charge in [-0.15, -0.1) is 0 Å². The summed E-state index contributed by atoms with van der Waals surface area (Å²) in [6.45, 7) is 5.18. The highest BCUT2D eigenvalue weighted by Gasteiger charge is 2.28. The number of sulfonamides is 1. The summed E-state index contributed by atoms with van der Waals surface area (Å²) in [5.41, 5.74) is 0.632. The summed E-state index contributed by atoms with van der Waals surface area (Å²) in [6, 6.07) is 4.91. The van der Waals surface area contributed by atoms with Gasteiger partial charge in [0.1, 0.15) is 0 Å². The second kappa shape index (κ2) is 7.97. The maximum absolute atomic E-state index is 12.5. The minimum absolute atomic E-state index is 0.0504. The molecule has 1 aromatic rings. The summed E-state index contributed by atoms with van der Waals surface area (Å²) in [4.78, 5) is 0. The third kappa shape index (κ3) is 5.10. The zero-order valence-electron chi connectivity index (χ0n) is 12.7. The number of nitrogens with zero attached hydrogens (tertiary/aromatic N) is 1. The molecule has 0 atom stereocenters. The zero-order valence-corrected chi connectivity index (χ0v) is 15.0. The van der Waals surface area contributed by atoms with Crippen LogP contribution in [0, 0.1) is 5.92 Å². The number of hydrogen-bond acceptors (Lipinski definition) is 3. The van der Waals surface area contributed by atoms with Crippen LogP contribution in [0.4, 0.5) is 0 Å². The Kier molecular flexibility index (Phi) is 6.53. The lowest BCUT2D eigenvalue weighted by Gasteiger charge is -2.31. The first-order valence-electron chi connectivity index (χ1n) is 7.54. The Hall–Kier alpha value is -0.330. The molecule has 124 valence electrons. The quantitative estimate of drug-likeness (QED) is 0.843. The molecule has 1 aliphatic heterocycles. The molecule has 0 radical (unpaired) electrons. The summed E-state index contributed by atoms with van der Waals surface area (Å²) in [5, 5.41) is 4.25. The van der Waals surface area contributed by atoms with Crippen LogP contribution in [0.25, 0.3) is 0 Å². The van der Waals surface area contributed by atoms with E-state index in [2.05, 4.69) is 12.2 Å². The van der Waals surface area contributed by atoms with E-state index >= 15 is 0 Å². The smallest absolute Gasteiger partial charge is 0.218 e. The number of rotatable bonds is 6. The van der Waals surface area contributed by atoms with E-state index in [9.17, 15) is 8.42 Å². The second-order valence-corrected chi connectivity index (χ2v) is 8.53. The van der Waals surface area contributed by atoms with Crippen LogP contribution in [0.2, 0.25) is 10.0 Å². The molecule has 1 heterocycles. The van der Waals surface area contributed by atoms with Crippen LogP contribution in [0.3, 0.4) is 0 Å². The lowest BCUT2D eigenvalue weighted by molar-refractivity contribution is 0.268. The van der Waals surface area contributed by atoms with Gasteiger partial charge < -0.3 is 5.32 Å². The van der Waals surface area contributed by atoms with Gasteiger partial charge in [0.2, 0.25) is 10.0 Å². The lowest BCUT2D eigenvalue weighted by Crippen LogP contribution is -2.41. The van der Waals surface area contributed by atoms with Crippen molar-refractivity contribution >= 4 is 33.2 Å². The molecule has 0 saturated carbocycles. The van der Waals surface area contributed by atoms with Gasteiger partial charge in [-0.3, -0.25) is 0 Å². The topological polar surface area (TPSA) is 49.4 Å². The van der Waals surface area contributed by atoms with Gasteiger partial charge in [0.25, 0.3) is 0 Å². The highest BCUT2D eigenvalue weighted by atomic mass is 35.5. The zero-order chi connectivity index (χ0) is 16.2. The Labute approximate surface area is 142 Å². The van der Waals surface area contributed by atoms with E-state index in [0.717, 1.165) is 25.9 Å². The SMILES string of the molecule is CCNCC1CCN(S(=O)(=O)Cc2cc(Cl)cc(Cl)c2)CC1. The van der Waals surface area contributed by atoms with Gasteiger partial charge in [0, 0.05) is 23.1 Å². The Balaban J connectivity index is 1.96. The van der Waals surface area contributed by atoms with E-state index in [-0.39, 0.29) is 5.75 Å². The normalized spacial score (nSPS) is 17.8. The minimum atomic E-state index is -3.32. The van der Waals surface area contributed by atoms with E-state index in [1.54, 1.807) is 22.5 Å². The summed E-state index contributed by atoms with van der Waals surface area (Å²) in [5.74, 6) is 0.512. The van der Waals surface area contributed by atoms with Crippen LogP contribution in [-0.4, -0.2) is 38.9 Å². The van der Waals surface area contributed by atoms with Gasteiger partial charge in [0.05, 0.1) is 5.75 Å². The number of nitrogens with one attached hydrogen (secondary N) is 1. The average molecular weight is 365 g/mol. The van der Waals surface area contributed by atoms with Gasteiger partial charge in [-0.05, 0) is 55.6 Å². The number of hydrogen-bond donors (Lipinski definition) is 1. The van der Waals surface area contributed by atoms with Crippen LogP contribution < -0.4 is 5.32 Å². The molecule has 1 fully saturated rings. The highest BCUT2D eigenvalue weighted by molar-refractivity contribution is 7.88. The molecule has 4 nitrogen and oxygen atoms in total. The predicted molar refractivity (Wildman–Crippen MR) is 91.9 cm³/mol. The summed E-state index contributed by atoms with van der Waals surface area (Å²) in [7, 11) is -3.32. The largest absolute Gasteiger partial charge is 0.317 e. The van der Waals surface area contributed by atoms with Gasteiger partial charge in [0.15, 0.2) is 0 Å². The first kappa shape index (κ1) is 18.0. The van der Waals surface area contributed by atoms with E-state index in [1.807, 2.05) is 0 Å². The third-order valence-electron chi connectivity index (χ3n) is 3.92. The Morgan fingerprint density at radius 3 is 2.32 bits per heavy atom. The van der Waals surface area contributed by atoms with Crippen molar-refractivity contribution in [3.63, 3.8) is 0 Å². The molecule has 0 bridgehead atoms. The molecular formula is C15H22Cl2N2O2S. The van der Waals surface area contributed by atoms with Gasteiger partial charge >= 0.3 is 0 Å². The van der Waals surface area contributed by atoms with Crippen LogP contribution in [0.1, 0.15) is 25.3 Å². The van der Waals surface area contributed by atoms with Crippen molar-refractivity contribution in [2.24, 2.45) is 5.92 Å². The van der Waals surface area contributed by atoms with E-state index in [4.69, 9.17) is 23.2 Å². The monoisotopic (exact) mass is 364 g/mol. The van der Waals surface area contributed by atoms with Crippen LogP contribution in [-0.2, 0) is 15.8 Å². The molecule has 0 spiro atoms. The van der Waals surface area contributed by atoms with E-state index in [1.165, 1.54) is 0 Å². The molecule has 1 saturated heterocycles. The number of piperidine rings is 1. The summed E-state index contributed by atoms with van der Waals surface area (Å²) in [6.07, 6.45) is 1.81. The van der Waals surface area contributed by atoms with E-state index < -0.39 is 10.0 Å². The molecule has 1 aromatic carbocycles. The molecule has 0 unspecified atom stereocenters. The first-order chi connectivity index (χ1) is 10.4. The van der Waals surface area contributed by atoms with Gasteiger partial charge in [-0.1, -0.05) is 30.1 Å². The third-order valence-corrected chi connectivity index (χ3v) is 6.21. The predicted octanol–water partition coefficient (Wildman–Crippen LogP) is 3.14. The molecule has 0 aromatic heterocycles. The van der Waals surface area contributed by atoms with Crippen molar-refractivity contribution in [3.05, 3.63) is 33.8 Å². The maximum Gasteiger partial charge on any atom is 0.218 e. The van der Waals surface area contributed by atoms with Crippen LogP contribution in [0.15, 0.2) is 18.2 Å². The average Bonchev–Trinajstić information content (AvgIpc) is 2.44. The molecule has 1 aliphatic rings. The number of halogens is 2. The van der Waals surface area contributed by atoms with Crippen molar-refractivity contribution in [1.82, 2.24) is 9.62 Å². The van der Waals surface area contributed by atoms with Gasteiger partial charge in [-0.25, -0.2) is 12.7 Å². The van der Waals surface area contributed by atoms with Crippen molar-refractivity contribution in [2.75, 3.05) is 26.2 Å². The van der Waals surface area contributed by atoms with Gasteiger partial charge in [-0.2, -0.15) is 0 Å². The molecule has 7 heteroatoms. The molecule has 22 heavy (non-hydrogen) atoms. The van der Waals surface area contributed by atoms with Crippen molar-refractivity contribution in [3.8, 4) is 0 Å². The molecule has 0 amide bonds. The van der Waals surface area contributed by atoms with Crippen molar-refractivity contribution in [2.45, 2.75) is 25.5 Å². The van der Waals surface area contributed by atoms with Crippen LogP contribution >= 0.6 is 23.2 Å². The number of benzene rings is 1. The van der Waals surface area contributed by atoms with Crippen LogP contribution in [0.5, 0.6) is 0 Å². The fourth-order valence-electron chi connectivity index (χ4n) is 2.74.